The van der Waals surface area contributed by atoms with Gasteiger partial charge in [-0.1, -0.05) is 0 Å². The van der Waals surface area contributed by atoms with Crippen molar-refractivity contribution in [2.24, 2.45) is 0 Å². The van der Waals surface area contributed by atoms with Gasteiger partial charge in [0, 0.05) is 11.0 Å². The molecule has 3 aliphatic heterocycles. The van der Waals surface area contributed by atoms with Gasteiger partial charge in [-0.25, -0.2) is 0 Å². The zero-order valence-electron chi connectivity index (χ0n) is 8.17. The molecule has 0 aliphatic carbocycles. The molecule has 80 valence electrons. The summed E-state index contributed by atoms with van der Waals surface area (Å²) in [5.41, 5.74) is 0. The Morgan fingerprint density at radius 1 is 1.29 bits per heavy atom. The van der Waals surface area contributed by atoms with Gasteiger partial charge in [0.05, 0.1) is 0 Å². The van der Waals surface area contributed by atoms with Crippen LogP contribution in [0.25, 0.3) is 0 Å². The van der Waals surface area contributed by atoms with E-state index in [2.05, 4.69) is 0 Å². The van der Waals surface area contributed by atoms with E-state index in [0.29, 0.717) is 5.25 Å². The van der Waals surface area contributed by atoms with Crippen LogP contribution in [0.2, 0.25) is 0 Å². The zero-order valence-corrected chi connectivity index (χ0v) is 8.99. The average molecular weight is 218 g/mol. The number of fused-ring (bicyclic) bond motifs is 1. The third kappa shape index (κ3) is 1.39. The molecule has 3 rings (SSSR count). The highest BCUT2D eigenvalue weighted by molar-refractivity contribution is 8.06. The van der Waals surface area contributed by atoms with E-state index in [9.17, 15) is 5.11 Å². The van der Waals surface area contributed by atoms with Crippen LogP contribution in [0.4, 0.5) is 0 Å². The Bertz CT molecular complexity index is 251. The van der Waals surface area contributed by atoms with Gasteiger partial charge in [0.15, 0.2) is 12.1 Å². The third-order valence-electron chi connectivity index (χ3n) is 2.78. The summed E-state index contributed by atoms with van der Waals surface area (Å²) in [6.45, 7) is 3.67. The van der Waals surface area contributed by atoms with Gasteiger partial charge in [-0.05, 0) is 13.8 Å². The number of aliphatic hydroxyl groups is 1. The second-order valence-electron chi connectivity index (χ2n) is 4.43. The second-order valence-corrected chi connectivity index (χ2v) is 5.70. The number of aliphatic hydroxyl groups excluding tert-OH is 1. The Labute approximate surface area is 86.9 Å². The smallest absolute Gasteiger partial charge is 0.190 e. The molecule has 0 amide bonds. The second kappa shape index (κ2) is 2.86. The van der Waals surface area contributed by atoms with Gasteiger partial charge in [-0.2, -0.15) is 11.8 Å². The highest BCUT2D eigenvalue weighted by Crippen LogP contribution is 2.45. The number of hydrogen-bond acceptors (Lipinski definition) is 5. The Morgan fingerprint density at radius 3 is 2.57 bits per heavy atom. The molecule has 0 spiro atoms. The van der Waals surface area contributed by atoms with Crippen LogP contribution < -0.4 is 0 Å². The molecule has 0 aromatic heterocycles. The molecule has 4 nitrogen and oxygen atoms in total. The molecule has 0 aromatic rings. The summed E-state index contributed by atoms with van der Waals surface area (Å²) in [7, 11) is 0. The maximum atomic E-state index is 9.96. The lowest BCUT2D eigenvalue weighted by Crippen LogP contribution is -2.36. The van der Waals surface area contributed by atoms with Gasteiger partial charge >= 0.3 is 0 Å². The van der Waals surface area contributed by atoms with E-state index in [0.717, 1.165) is 5.75 Å². The van der Waals surface area contributed by atoms with Crippen molar-refractivity contribution in [1.29, 1.82) is 0 Å². The summed E-state index contributed by atoms with van der Waals surface area (Å²) in [4.78, 5) is 0. The normalized spacial score (nSPS) is 54.6. The monoisotopic (exact) mass is 218 g/mol. The minimum absolute atomic E-state index is 0.105. The molecule has 3 saturated heterocycles. The molecule has 3 heterocycles. The molecule has 5 atom stereocenters. The van der Waals surface area contributed by atoms with Gasteiger partial charge in [0.25, 0.3) is 0 Å². The van der Waals surface area contributed by atoms with Crippen molar-refractivity contribution in [3.63, 3.8) is 0 Å². The Kier molecular flexibility index (Phi) is 1.92. The van der Waals surface area contributed by atoms with Crippen molar-refractivity contribution >= 4 is 11.8 Å². The molecule has 1 N–H and O–H groups in total. The first kappa shape index (κ1) is 9.42. The van der Waals surface area contributed by atoms with Crippen LogP contribution in [0.5, 0.6) is 0 Å². The summed E-state index contributed by atoms with van der Waals surface area (Å²) in [6.07, 6.45) is -1.34. The van der Waals surface area contributed by atoms with Gasteiger partial charge in [0.2, 0.25) is 0 Å². The van der Waals surface area contributed by atoms with Crippen LogP contribution in [0, 0.1) is 0 Å². The molecule has 0 aromatic carbocycles. The van der Waals surface area contributed by atoms with E-state index in [4.69, 9.17) is 14.2 Å². The van der Waals surface area contributed by atoms with Crippen LogP contribution in [0.3, 0.4) is 0 Å². The van der Waals surface area contributed by atoms with Crippen molar-refractivity contribution in [2.45, 2.75) is 49.5 Å². The van der Waals surface area contributed by atoms with Gasteiger partial charge < -0.3 is 19.3 Å². The van der Waals surface area contributed by atoms with Crippen molar-refractivity contribution < 1.29 is 19.3 Å². The van der Waals surface area contributed by atoms with Crippen molar-refractivity contribution in [2.75, 3.05) is 5.75 Å². The van der Waals surface area contributed by atoms with E-state index in [1.807, 2.05) is 25.6 Å². The van der Waals surface area contributed by atoms with Crippen LogP contribution in [-0.4, -0.2) is 46.5 Å². The van der Waals surface area contributed by atoms with Crippen LogP contribution >= 0.6 is 11.8 Å². The molecule has 3 aliphatic rings. The number of ether oxygens (including phenoxy) is 3. The number of thioether (sulfide) groups is 1. The maximum absolute atomic E-state index is 9.96. The largest absolute Gasteiger partial charge is 0.387 e. The van der Waals surface area contributed by atoms with E-state index in [-0.39, 0.29) is 18.5 Å². The zero-order chi connectivity index (χ0) is 9.92. The lowest BCUT2D eigenvalue weighted by molar-refractivity contribution is -0.213. The van der Waals surface area contributed by atoms with Gasteiger partial charge in [-0.3, -0.25) is 0 Å². The van der Waals surface area contributed by atoms with E-state index in [1.54, 1.807) is 0 Å². The molecule has 3 fully saturated rings. The standard InChI is InChI=1S/C9H14O4S/c1-9(2)12-7-5(10)6(4-3-14-4)11-8(7)13-9/h4-8,10H,3H2,1-2H3/t4?,5-,6+,7+,8+/m0/s1. The van der Waals surface area contributed by atoms with Gasteiger partial charge in [-0.15, -0.1) is 0 Å². The van der Waals surface area contributed by atoms with Crippen molar-refractivity contribution in [1.82, 2.24) is 0 Å². The SMILES string of the molecule is CC1(C)O[C@H]2O[C@H](C3CS3)[C@H](O)[C@H]2O1. The molecule has 5 heteroatoms. The van der Waals surface area contributed by atoms with Crippen molar-refractivity contribution in [3.8, 4) is 0 Å². The topological polar surface area (TPSA) is 47.9 Å². The maximum Gasteiger partial charge on any atom is 0.190 e. The minimum Gasteiger partial charge on any atom is -0.387 e. The third-order valence-corrected chi connectivity index (χ3v) is 3.76. The Hall–Kier alpha value is 0.190. The van der Waals surface area contributed by atoms with Crippen LogP contribution in [-0.2, 0) is 14.2 Å². The Morgan fingerprint density at radius 2 is 2.00 bits per heavy atom. The molecule has 1 unspecified atom stereocenters. The summed E-state index contributed by atoms with van der Waals surface area (Å²) in [5, 5.41) is 10.4. The fraction of sp³-hybridized carbons (Fsp3) is 1.00. The predicted octanol–water partition coefficient (Wildman–Crippen LogP) is 0.339. The minimum atomic E-state index is -0.627. The number of rotatable bonds is 1. The molecule has 0 bridgehead atoms. The fourth-order valence-electron chi connectivity index (χ4n) is 2.07. The van der Waals surface area contributed by atoms with Crippen LogP contribution in [0.15, 0.2) is 0 Å². The first-order valence-corrected chi connectivity index (χ1v) is 5.92. The number of hydrogen-bond donors (Lipinski definition) is 1. The Balaban J connectivity index is 1.74. The summed E-state index contributed by atoms with van der Waals surface area (Å²) < 4.78 is 16.8. The summed E-state index contributed by atoms with van der Waals surface area (Å²) in [5.74, 6) is 0.447. The first-order chi connectivity index (χ1) is 6.57. The summed E-state index contributed by atoms with van der Waals surface area (Å²) in [6, 6.07) is 0. The fourth-order valence-corrected chi connectivity index (χ4v) is 2.78. The van der Waals surface area contributed by atoms with E-state index >= 15 is 0 Å². The average Bonchev–Trinajstić information content (AvgIpc) is 2.81. The highest BCUT2D eigenvalue weighted by atomic mass is 32.2. The van der Waals surface area contributed by atoms with E-state index in [1.165, 1.54) is 0 Å². The molecule has 0 saturated carbocycles. The van der Waals surface area contributed by atoms with Crippen molar-refractivity contribution in [3.05, 3.63) is 0 Å². The lowest BCUT2D eigenvalue weighted by Gasteiger charge is -2.22. The molecular formula is C9H14O4S. The molecular weight excluding hydrogens is 204 g/mol. The highest BCUT2D eigenvalue weighted by Gasteiger charge is 2.57. The predicted molar refractivity (Wildman–Crippen MR) is 51.0 cm³/mol. The summed E-state index contributed by atoms with van der Waals surface area (Å²) >= 11 is 1.81. The van der Waals surface area contributed by atoms with Gasteiger partial charge in [0.1, 0.15) is 18.3 Å². The molecule has 0 radical (unpaired) electrons. The van der Waals surface area contributed by atoms with Crippen LogP contribution in [0.1, 0.15) is 13.8 Å². The quantitative estimate of drug-likeness (QED) is 0.643. The molecule has 14 heavy (non-hydrogen) atoms. The van der Waals surface area contributed by atoms with E-state index < -0.39 is 11.9 Å². The lowest BCUT2D eigenvalue weighted by atomic mass is 10.1. The first-order valence-electron chi connectivity index (χ1n) is 4.88.